The molecule has 16 heavy (non-hydrogen) atoms. The van der Waals surface area contributed by atoms with Crippen molar-refractivity contribution in [1.82, 2.24) is 0 Å². The van der Waals surface area contributed by atoms with Gasteiger partial charge in [-0.05, 0) is 43.0 Å². The highest BCUT2D eigenvalue weighted by atomic mass is 32.1. The lowest BCUT2D eigenvalue weighted by Gasteiger charge is -2.22. The summed E-state index contributed by atoms with van der Waals surface area (Å²) in [4.78, 5) is 2.34. The second-order valence-electron chi connectivity index (χ2n) is 4.43. The first-order valence-corrected chi connectivity index (χ1v) is 6.39. The Labute approximate surface area is 99.4 Å². The van der Waals surface area contributed by atoms with Gasteiger partial charge < -0.3 is 5.11 Å². The summed E-state index contributed by atoms with van der Waals surface area (Å²) >= 11 is 1.70. The summed E-state index contributed by atoms with van der Waals surface area (Å²) in [6.07, 6.45) is 1.79. The van der Waals surface area contributed by atoms with Crippen molar-refractivity contribution in [3.8, 4) is 0 Å². The zero-order valence-corrected chi connectivity index (χ0v) is 10.1. The van der Waals surface area contributed by atoms with Crippen molar-refractivity contribution in [3.05, 3.63) is 57.3 Å². The van der Waals surface area contributed by atoms with Crippen LogP contribution in [0.2, 0.25) is 0 Å². The smallest absolute Gasteiger partial charge is 0.124 e. The number of hydrogen-bond acceptors (Lipinski definition) is 2. The van der Waals surface area contributed by atoms with Crippen LogP contribution in [0.3, 0.4) is 0 Å². The number of aliphatic hydroxyl groups is 1. The van der Waals surface area contributed by atoms with Gasteiger partial charge in [0.2, 0.25) is 0 Å². The second-order valence-corrected chi connectivity index (χ2v) is 5.72. The maximum absolute atomic E-state index is 10.8. The van der Waals surface area contributed by atoms with Gasteiger partial charge in [0.15, 0.2) is 0 Å². The first kappa shape index (κ1) is 10.1. The maximum atomic E-state index is 10.8. The summed E-state index contributed by atoms with van der Waals surface area (Å²) in [6.45, 7) is 2.08. The number of hydrogen-bond donors (Lipinski definition) is 1. The van der Waals surface area contributed by atoms with Crippen molar-refractivity contribution in [2.24, 2.45) is 0 Å². The Morgan fingerprint density at radius 2 is 2.00 bits per heavy atom. The quantitative estimate of drug-likeness (QED) is 0.797. The summed E-state index contributed by atoms with van der Waals surface area (Å²) in [5.74, 6) is 0. The molecular formula is C14H14OS. The normalized spacial score (nSPS) is 23.4. The molecular weight excluding hydrogens is 216 g/mol. The van der Waals surface area contributed by atoms with Gasteiger partial charge in [0, 0.05) is 9.75 Å². The van der Waals surface area contributed by atoms with Crippen LogP contribution in [0.25, 0.3) is 0 Å². The molecule has 0 bridgehead atoms. The molecule has 1 nitrogen and oxygen atoms in total. The van der Waals surface area contributed by atoms with Crippen molar-refractivity contribution >= 4 is 11.3 Å². The number of aryl methyl sites for hydroxylation is 2. The summed E-state index contributed by atoms with van der Waals surface area (Å²) < 4.78 is 0. The molecule has 1 unspecified atom stereocenters. The van der Waals surface area contributed by atoms with Crippen LogP contribution >= 0.6 is 11.3 Å². The minimum absolute atomic E-state index is 0.741. The van der Waals surface area contributed by atoms with Crippen LogP contribution in [0.4, 0.5) is 0 Å². The fourth-order valence-electron chi connectivity index (χ4n) is 2.50. The Morgan fingerprint density at radius 3 is 2.75 bits per heavy atom. The van der Waals surface area contributed by atoms with Gasteiger partial charge in [-0.15, -0.1) is 11.3 Å². The van der Waals surface area contributed by atoms with Crippen LogP contribution in [0.15, 0.2) is 36.4 Å². The molecule has 0 radical (unpaired) electrons. The summed E-state index contributed by atoms with van der Waals surface area (Å²) in [7, 11) is 0. The average Bonchev–Trinajstić information content (AvgIpc) is 2.86. The third-order valence-corrected chi connectivity index (χ3v) is 4.52. The van der Waals surface area contributed by atoms with Gasteiger partial charge >= 0.3 is 0 Å². The molecule has 1 aromatic heterocycles. The van der Waals surface area contributed by atoms with Crippen molar-refractivity contribution in [3.63, 3.8) is 0 Å². The van der Waals surface area contributed by atoms with Crippen LogP contribution in [0, 0.1) is 6.92 Å². The van der Waals surface area contributed by atoms with E-state index in [1.165, 1.54) is 10.4 Å². The molecule has 1 heterocycles. The van der Waals surface area contributed by atoms with Crippen molar-refractivity contribution in [1.29, 1.82) is 0 Å². The van der Waals surface area contributed by atoms with E-state index in [1.54, 1.807) is 11.3 Å². The molecule has 0 amide bonds. The van der Waals surface area contributed by atoms with Crippen molar-refractivity contribution < 1.29 is 5.11 Å². The number of benzene rings is 1. The van der Waals surface area contributed by atoms with Crippen LogP contribution in [0.1, 0.15) is 27.3 Å². The molecule has 3 rings (SSSR count). The SMILES string of the molecule is Cc1ccc(C2(O)CCc3ccccc32)s1. The molecule has 0 aliphatic heterocycles. The fraction of sp³-hybridized carbons (Fsp3) is 0.286. The molecule has 1 aliphatic rings. The standard InChI is InChI=1S/C14H14OS/c1-10-6-7-13(16-10)14(15)9-8-11-4-2-3-5-12(11)14/h2-7,15H,8-9H2,1H3. The average molecular weight is 230 g/mol. The van der Waals surface area contributed by atoms with Gasteiger partial charge in [-0.3, -0.25) is 0 Å². The van der Waals surface area contributed by atoms with Crippen molar-refractivity contribution in [2.45, 2.75) is 25.4 Å². The van der Waals surface area contributed by atoms with Crippen LogP contribution in [0.5, 0.6) is 0 Å². The molecule has 0 saturated carbocycles. The zero-order chi connectivity index (χ0) is 11.2. The van der Waals surface area contributed by atoms with Crippen LogP contribution in [-0.2, 0) is 12.0 Å². The molecule has 2 aromatic rings. The van der Waals surface area contributed by atoms with E-state index in [4.69, 9.17) is 0 Å². The summed E-state index contributed by atoms with van der Waals surface area (Å²) in [5, 5.41) is 10.8. The lowest BCUT2D eigenvalue weighted by Crippen LogP contribution is -2.22. The Hall–Kier alpha value is -1.12. The largest absolute Gasteiger partial charge is 0.380 e. The highest BCUT2D eigenvalue weighted by Crippen LogP contribution is 2.44. The lowest BCUT2D eigenvalue weighted by molar-refractivity contribution is 0.0868. The van der Waals surface area contributed by atoms with Crippen LogP contribution in [-0.4, -0.2) is 5.11 Å². The van der Waals surface area contributed by atoms with E-state index in [1.807, 2.05) is 12.1 Å². The molecule has 1 aromatic carbocycles. The summed E-state index contributed by atoms with van der Waals surface area (Å²) in [5.41, 5.74) is 1.64. The predicted molar refractivity (Wildman–Crippen MR) is 66.8 cm³/mol. The van der Waals surface area contributed by atoms with Gasteiger partial charge in [-0.25, -0.2) is 0 Å². The van der Waals surface area contributed by atoms with E-state index < -0.39 is 5.60 Å². The minimum atomic E-state index is -0.741. The molecule has 1 aliphatic carbocycles. The monoisotopic (exact) mass is 230 g/mol. The van der Waals surface area contributed by atoms with Gasteiger partial charge in [-0.1, -0.05) is 24.3 Å². The van der Waals surface area contributed by atoms with Gasteiger partial charge in [0.1, 0.15) is 5.60 Å². The Morgan fingerprint density at radius 1 is 1.19 bits per heavy atom. The van der Waals surface area contributed by atoms with E-state index >= 15 is 0 Å². The Bertz CT molecular complexity index is 529. The maximum Gasteiger partial charge on any atom is 0.124 e. The van der Waals surface area contributed by atoms with Gasteiger partial charge in [0.05, 0.1) is 0 Å². The number of rotatable bonds is 1. The Balaban J connectivity index is 2.14. The third kappa shape index (κ3) is 1.34. The third-order valence-electron chi connectivity index (χ3n) is 3.37. The van der Waals surface area contributed by atoms with E-state index in [2.05, 4.69) is 31.2 Å². The van der Waals surface area contributed by atoms with E-state index in [0.717, 1.165) is 23.3 Å². The highest BCUT2D eigenvalue weighted by Gasteiger charge is 2.38. The first-order valence-electron chi connectivity index (χ1n) is 5.58. The van der Waals surface area contributed by atoms with E-state index in [-0.39, 0.29) is 0 Å². The zero-order valence-electron chi connectivity index (χ0n) is 9.23. The highest BCUT2D eigenvalue weighted by molar-refractivity contribution is 7.12. The molecule has 0 saturated heterocycles. The predicted octanol–water partition coefficient (Wildman–Crippen LogP) is 3.24. The van der Waals surface area contributed by atoms with Crippen LogP contribution < -0.4 is 0 Å². The Kier molecular flexibility index (Phi) is 2.16. The van der Waals surface area contributed by atoms with Gasteiger partial charge in [0.25, 0.3) is 0 Å². The number of thiophene rings is 1. The topological polar surface area (TPSA) is 20.2 Å². The fourth-order valence-corrected chi connectivity index (χ4v) is 3.50. The molecule has 82 valence electrons. The minimum Gasteiger partial charge on any atom is -0.380 e. The molecule has 0 spiro atoms. The molecule has 2 heteroatoms. The van der Waals surface area contributed by atoms with E-state index in [9.17, 15) is 5.11 Å². The molecule has 1 N–H and O–H groups in total. The summed E-state index contributed by atoms with van der Waals surface area (Å²) in [6, 6.07) is 12.4. The van der Waals surface area contributed by atoms with Gasteiger partial charge in [-0.2, -0.15) is 0 Å². The lowest BCUT2D eigenvalue weighted by atomic mass is 9.94. The number of fused-ring (bicyclic) bond motifs is 1. The second kappa shape index (κ2) is 3.44. The first-order chi connectivity index (χ1) is 7.70. The molecule has 0 fully saturated rings. The van der Waals surface area contributed by atoms with Crippen molar-refractivity contribution in [2.75, 3.05) is 0 Å². The van der Waals surface area contributed by atoms with E-state index in [0.29, 0.717) is 0 Å². The molecule has 1 atom stereocenters.